The van der Waals surface area contributed by atoms with Crippen molar-refractivity contribution in [1.29, 1.82) is 0 Å². The maximum Gasteiger partial charge on any atom is 0.319 e. The lowest BCUT2D eigenvalue weighted by atomic mass is 10.2. The molecule has 0 saturated heterocycles. The Morgan fingerprint density at radius 1 is 1.00 bits per heavy atom. The van der Waals surface area contributed by atoms with Gasteiger partial charge < -0.3 is 4.74 Å². The van der Waals surface area contributed by atoms with E-state index in [4.69, 9.17) is 4.74 Å². The van der Waals surface area contributed by atoms with Gasteiger partial charge in [0.25, 0.3) is 0 Å². The van der Waals surface area contributed by atoms with Gasteiger partial charge in [-0.15, -0.1) is 0 Å². The van der Waals surface area contributed by atoms with Crippen LogP contribution in [0.5, 0.6) is 6.01 Å². The van der Waals surface area contributed by atoms with Gasteiger partial charge in [-0.25, -0.2) is 4.98 Å². The number of hydrogen-bond acceptors (Lipinski definition) is 4. The molecule has 70 valence electrons. The Bertz CT molecular complexity index is 338. The van der Waals surface area contributed by atoms with Crippen molar-refractivity contribution in [3.63, 3.8) is 0 Å². The van der Waals surface area contributed by atoms with Gasteiger partial charge in [0.15, 0.2) is 0 Å². The molecular weight excluding hydrogens is 178 g/mol. The van der Waals surface area contributed by atoms with Gasteiger partial charge in [-0.05, 0) is 5.56 Å². The Labute approximate surface area is 81.6 Å². The number of benzene rings is 1. The Kier molecular flexibility index (Phi) is 2.66. The first kappa shape index (κ1) is 8.62. The molecule has 0 N–H and O–H groups in total. The van der Waals surface area contributed by atoms with Crippen LogP contribution < -0.4 is 4.74 Å². The highest BCUT2D eigenvalue weighted by Crippen LogP contribution is 2.03. The van der Waals surface area contributed by atoms with Crippen LogP contribution in [0.2, 0.25) is 0 Å². The second-order valence-corrected chi connectivity index (χ2v) is 2.70. The van der Waals surface area contributed by atoms with E-state index in [0.717, 1.165) is 5.56 Å². The van der Waals surface area contributed by atoms with Gasteiger partial charge >= 0.3 is 6.01 Å². The molecule has 2 rings (SSSR count). The molecule has 0 saturated carbocycles. The van der Waals surface area contributed by atoms with Crippen LogP contribution in [0.25, 0.3) is 0 Å². The van der Waals surface area contributed by atoms with Crippen molar-refractivity contribution >= 4 is 0 Å². The van der Waals surface area contributed by atoms with Crippen LogP contribution in [0.1, 0.15) is 5.56 Å². The summed E-state index contributed by atoms with van der Waals surface area (Å²) in [7, 11) is 0. The predicted molar refractivity (Wildman–Crippen MR) is 50.6 cm³/mol. The minimum Gasteiger partial charge on any atom is -0.459 e. The van der Waals surface area contributed by atoms with Gasteiger partial charge in [0.2, 0.25) is 0 Å². The standard InChI is InChI=1S/C10H9N3O/c1-2-4-9(5-3-1)6-14-10-12-7-11-8-13-10/h1-5,7-8H,6H2. The number of hydrogen-bond donors (Lipinski definition) is 0. The Morgan fingerprint density at radius 2 is 1.71 bits per heavy atom. The third kappa shape index (κ3) is 2.26. The third-order valence-electron chi connectivity index (χ3n) is 1.68. The first-order valence-electron chi connectivity index (χ1n) is 4.24. The summed E-state index contributed by atoms with van der Waals surface area (Å²) < 4.78 is 5.33. The van der Waals surface area contributed by atoms with E-state index < -0.39 is 0 Å². The van der Waals surface area contributed by atoms with E-state index in [1.54, 1.807) is 0 Å². The molecule has 1 aromatic carbocycles. The highest BCUT2D eigenvalue weighted by molar-refractivity contribution is 5.14. The summed E-state index contributed by atoms with van der Waals surface area (Å²) in [5, 5.41) is 0. The van der Waals surface area contributed by atoms with Crippen LogP contribution in [0.3, 0.4) is 0 Å². The SMILES string of the molecule is c1ccc(COc2ncncn2)cc1. The summed E-state index contributed by atoms with van der Waals surface area (Å²) >= 11 is 0. The smallest absolute Gasteiger partial charge is 0.319 e. The fourth-order valence-corrected chi connectivity index (χ4v) is 1.03. The molecule has 0 aliphatic carbocycles. The van der Waals surface area contributed by atoms with E-state index in [9.17, 15) is 0 Å². The van der Waals surface area contributed by atoms with Crippen LogP contribution in [0.4, 0.5) is 0 Å². The van der Waals surface area contributed by atoms with Gasteiger partial charge in [0.05, 0.1) is 0 Å². The van der Waals surface area contributed by atoms with Gasteiger partial charge in [-0.1, -0.05) is 30.3 Å². The molecule has 0 radical (unpaired) electrons. The van der Waals surface area contributed by atoms with E-state index in [2.05, 4.69) is 15.0 Å². The Morgan fingerprint density at radius 3 is 2.43 bits per heavy atom. The molecule has 0 amide bonds. The fraction of sp³-hybridized carbons (Fsp3) is 0.100. The van der Waals surface area contributed by atoms with Crippen LogP contribution >= 0.6 is 0 Å². The van der Waals surface area contributed by atoms with Crippen molar-refractivity contribution < 1.29 is 4.74 Å². The van der Waals surface area contributed by atoms with Crippen molar-refractivity contribution in [2.75, 3.05) is 0 Å². The average Bonchev–Trinajstić information content (AvgIpc) is 2.29. The molecule has 14 heavy (non-hydrogen) atoms. The molecule has 0 bridgehead atoms. The summed E-state index contributed by atoms with van der Waals surface area (Å²) in [6.45, 7) is 0.477. The lowest BCUT2D eigenvalue weighted by Crippen LogP contribution is -1.98. The van der Waals surface area contributed by atoms with Gasteiger partial charge in [-0.3, -0.25) is 0 Å². The molecule has 0 aliphatic rings. The first-order chi connectivity index (χ1) is 6.95. The summed E-state index contributed by atoms with van der Waals surface area (Å²) in [6, 6.07) is 10.2. The zero-order valence-corrected chi connectivity index (χ0v) is 7.50. The Balaban J connectivity index is 1.96. The first-order valence-corrected chi connectivity index (χ1v) is 4.24. The van der Waals surface area contributed by atoms with E-state index in [-0.39, 0.29) is 0 Å². The summed E-state index contributed by atoms with van der Waals surface area (Å²) in [6.07, 6.45) is 2.82. The van der Waals surface area contributed by atoms with Crippen LogP contribution in [-0.4, -0.2) is 15.0 Å². The van der Waals surface area contributed by atoms with E-state index in [1.165, 1.54) is 12.7 Å². The minimum atomic E-state index is 0.351. The number of rotatable bonds is 3. The minimum absolute atomic E-state index is 0.351. The quantitative estimate of drug-likeness (QED) is 0.729. The van der Waals surface area contributed by atoms with Crippen LogP contribution in [-0.2, 0) is 6.61 Å². The van der Waals surface area contributed by atoms with Crippen molar-refractivity contribution in [3.05, 3.63) is 48.5 Å². The van der Waals surface area contributed by atoms with Gasteiger partial charge in [0, 0.05) is 0 Å². The molecule has 0 unspecified atom stereocenters. The maximum atomic E-state index is 5.33. The second-order valence-electron chi connectivity index (χ2n) is 2.70. The predicted octanol–water partition coefficient (Wildman–Crippen LogP) is 1.45. The largest absolute Gasteiger partial charge is 0.459 e. The molecule has 0 atom stereocenters. The zero-order chi connectivity index (χ0) is 9.64. The lowest BCUT2D eigenvalue weighted by molar-refractivity contribution is 0.279. The number of aromatic nitrogens is 3. The monoisotopic (exact) mass is 187 g/mol. The topological polar surface area (TPSA) is 47.9 Å². The molecule has 2 aromatic rings. The summed E-state index contributed by atoms with van der Waals surface area (Å²) in [5.74, 6) is 0. The van der Waals surface area contributed by atoms with E-state index in [1.807, 2.05) is 30.3 Å². The molecule has 4 heteroatoms. The van der Waals surface area contributed by atoms with Crippen molar-refractivity contribution in [1.82, 2.24) is 15.0 Å². The zero-order valence-electron chi connectivity index (χ0n) is 7.50. The Hall–Kier alpha value is -1.97. The van der Waals surface area contributed by atoms with Crippen molar-refractivity contribution in [2.24, 2.45) is 0 Å². The van der Waals surface area contributed by atoms with Gasteiger partial charge in [0.1, 0.15) is 19.3 Å². The molecule has 0 spiro atoms. The third-order valence-corrected chi connectivity index (χ3v) is 1.68. The highest BCUT2D eigenvalue weighted by atomic mass is 16.5. The van der Waals surface area contributed by atoms with Gasteiger partial charge in [-0.2, -0.15) is 9.97 Å². The normalized spacial score (nSPS) is 9.71. The lowest BCUT2D eigenvalue weighted by Gasteiger charge is -2.02. The molecule has 4 nitrogen and oxygen atoms in total. The van der Waals surface area contributed by atoms with Crippen LogP contribution in [0.15, 0.2) is 43.0 Å². The second kappa shape index (κ2) is 4.32. The van der Waals surface area contributed by atoms with Crippen molar-refractivity contribution in [3.8, 4) is 6.01 Å². The van der Waals surface area contributed by atoms with Crippen LogP contribution in [0, 0.1) is 0 Å². The average molecular weight is 187 g/mol. The number of ether oxygens (including phenoxy) is 1. The number of nitrogens with zero attached hydrogens (tertiary/aromatic N) is 3. The van der Waals surface area contributed by atoms with E-state index in [0.29, 0.717) is 12.6 Å². The molecule has 1 heterocycles. The summed E-state index contributed by atoms with van der Waals surface area (Å²) in [4.78, 5) is 11.4. The molecule has 0 aliphatic heterocycles. The summed E-state index contributed by atoms with van der Waals surface area (Å²) in [5.41, 5.74) is 1.09. The molecule has 1 aromatic heterocycles. The molecule has 0 fully saturated rings. The van der Waals surface area contributed by atoms with E-state index >= 15 is 0 Å². The van der Waals surface area contributed by atoms with Crippen molar-refractivity contribution in [2.45, 2.75) is 6.61 Å². The molecular formula is C10H9N3O. The fourth-order valence-electron chi connectivity index (χ4n) is 1.03. The highest BCUT2D eigenvalue weighted by Gasteiger charge is 1.95. The maximum absolute atomic E-state index is 5.33.